The monoisotopic (exact) mass is 720 g/mol. The number of carbonyl (C=O) groups is 2. The van der Waals surface area contributed by atoms with Gasteiger partial charge in [0.05, 0.1) is 32.5 Å². The molecule has 8 rings (SSSR count). The molecule has 6 aliphatic heterocycles. The van der Waals surface area contributed by atoms with Crippen LogP contribution in [0.4, 0.5) is 0 Å². The number of aryl methyl sites for hydroxylation is 2. The first-order valence-electron chi connectivity index (χ1n) is 18.5. The zero-order valence-corrected chi connectivity index (χ0v) is 32.3. The lowest BCUT2D eigenvalue weighted by molar-refractivity contribution is -0.00769. The Morgan fingerprint density at radius 1 is 0.653 bits per heavy atom. The minimum Gasteiger partial charge on any atom is -0.333 e. The summed E-state index contributed by atoms with van der Waals surface area (Å²) in [7, 11) is 6.32. The van der Waals surface area contributed by atoms with Crippen LogP contribution in [-0.4, -0.2) is 140 Å². The van der Waals surface area contributed by atoms with E-state index in [0.717, 1.165) is 109 Å². The second kappa shape index (κ2) is 16.0. The normalized spacial score (nSPS) is 22.6. The van der Waals surface area contributed by atoms with Crippen LogP contribution in [0.3, 0.4) is 0 Å². The molecule has 0 aromatic carbocycles. The summed E-state index contributed by atoms with van der Waals surface area (Å²) in [6, 6.07) is 0. The van der Waals surface area contributed by atoms with Crippen LogP contribution in [0.25, 0.3) is 0 Å². The second-order valence-corrected chi connectivity index (χ2v) is 15.0. The minimum absolute atomic E-state index is 0.0100. The number of likely N-dealkylation sites (tertiary alicyclic amines) is 3. The van der Waals surface area contributed by atoms with Crippen molar-refractivity contribution in [3.63, 3.8) is 0 Å². The average Bonchev–Trinajstić information content (AvgIpc) is 3.79. The molecular weight excluding hydrogens is 663 g/mol. The standard InChI is InChI=1S/C16H24ClN5O.C15H22ClN5O.2C2H6/c1-19-6-4-8-22-12(9-19)13(17)14(18-22)15(23)21-10-16(11-21)5-3-7-20(16)2;1-19-6-3-7-21-11(8-19)12(16)13(18-21)14(22)20-9-15(10-20)4-2-5-17-15;2*1-2/h3-11H2,1-2H3;17H,2-10H2,1H3;2*1-2H3. The van der Waals surface area contributed by atoms with Crippen molar-refractivity contribution in [1.29, 1.82) is 0 Å². The lowest BCUT2D eigenvalue weighted by atomic mass is 9.87. The van der Waals surface area contributed by atoms with Crippen molar-refractivity contribution in [2.45, 2.75) is 103 Å². The molecule has 0 aliphatic carbocycles. The van der Waals surface area contributed by atoms with Gasteiger partial charge < -0.3 is 24.9 Å². The Morgan fingerprint density at radius 2 is 1.14 bits per heavy atom. The van der Waals surface area contributed by atoms with Gasteiger partial charge in [-0.15, -0.1) is 0 Å². The lowest BCUT2D eigenvalue weighted by Gasteiger charge is -2.51. The van der Waals surface area contributed by atoms with Crippen molar-refractivity contribution in [3.05, 3.63) is 32.8 Å². The summed E-state index contributed by atoms with van der Waals surface area (Å²) in [5, 5.41) is 13.7. The molecule has 0 unspecified atom stereocenters. The Morgan fingerprint density at radius 3 is 1.57 bits per heavy atom. The van der Waals surface area contributed by atoms with Crippen LogP contribution in [0.2, 0.25) is 10.0 Å². The van der Waals surface area contributed by atoms with Crippen molar-refractivity contribution < 1.29 is 9.59 Å². The summed E-state index contributed by atoms with van der Waals surface area (Å²) in [5.74, 6) is -0.0308. The van der Waals surface area contributed by atoms with Crippen LogP contribution in [0.15, 0.2) is 0 Å². The predicted octanol–water partition coefficient (Wildman–Crippen LogP) is 4.29. The summed E-state index contributed by atoms with van der Waals surface area (Å²) in [6.07, 6.45) is 6.84. The number of rotatable bonds is 2. The molecule has 4 fully saturated rings. The van der Waals surface area contributed by atoms with Gasteiger partial charge in [0, 0.05) is 65.4 Å². The van der Waals surface area contributed by atoms with Gasteiger partial charge in [0.2, 0.25) is 0 Å². The number of likely N-dealkylation sites (N-methyl/N-ethyl adjacent to an activating group) is 1. The highest BCUT2D eigenvalue weighted by molar-refractivity contribution is 6.34. The predicted molar refractivity (Wildman–Crippen MR) is 195 cm³/mol. The van der Waals surface area contributed by atoms with Crippen molar-refractivity contribution in [3.8, 4) is 0 Å². The highest BCUT2D eigenvalue weighted by Crippen LogP contribution is 2.38. The molecule has 2 aromatic rings. The molecule has 2 spiro atoms. The van der Waals surface area contributed by atoms with Crippen LogP contribution < -0.4 is 5.32 Å². The Kier molecular flexibility index (Phi) is 12.4. The summed E-state index contributed by atoms with van der Waals surface area (Å²) in [4.78, 5) is 36.1. The molecule has 0 saturated carbocycles. The molecule has 4 saturated heterocycles. The fourth-order valence-electron chi connectivity index (χ4n) is 8.09. The third-order valence-corrected chi connectivity index (χ3v) is 11.7. The van der Waals surface area contributed by atoms with Crippen LogP contribution in [0.5, 0.6) is 0 Å². The second-order valence-electron chi connectivity index (χ2n) is 14.2. The van der Waals surface area contributed by atoms with E-state index in [1.807, 2.05) is 46.9 Å². The van der Waals surface area contributed by atoms with Gasteiger partial charge in [0.25, 0.3) is 11.8 Å². The third-order valence-electron chi connectivity index (χ3n) is 10.9. The van der Waals surface area contributed by atoms with E-state index in [2.05, 4.69) is 51.4 Å². The van der Waals surface area contributed by atoms with Crippen molar-refractivity contribution in [2.75, 3.05) is 73.5 Å². The number of nitrogens with zero attached hydrogens (tertiary/aromatic N) is 9. The molecule has 6 aliphatic rings. The smallest absolute Gasteiger partial charge is 0.276 e. The maximum absolute atomic E-state index is 12.8. The third kappa shape index (κ3) is 7.55. The molecule has 49 heavy (non-hydrogen) atoms. The van der Waals surface area contributed by atoms with Gasteiger partial charge in [-0.05, 0) is 72.8 Å². The molecule has 0 atom stereocenters. The van der Waals surface area contributed by atoms with Gasteiger partial charge in [-0.25, -0.2) is 0 Å². The van der Waals surface area contributed by atoms with Gasteiger partial charge in [-0.1, -0.05) is 50.9 Å². The number of amides is 2. The van der Waals surface area contributed by atoms with E-state index in [1.165, 1.54) is 19.3 Å². The number of aromatic nitrogens is 4. The maximum Gasteiger partial charge on any atom is 0.276 e. The zero-order valence-electron chi connectivity index (χ0n) is 30.8. The van der Waals surface area contributed by atoms with Crippen molar-refractivity contribution in [1.82, 2.24) is 49.4 Å². The van der Waals surface area contributed by atoms with Gasteiger partial charge >= 0.3 is 0 Å². The van der Waals surface area contributed by atoms with E-state index in [-0.39, 0.29) is 22.9 Å². The number of hydrogen-bond donors (Lipinski definition) is 1. The SMILES string of the molecule is CC.CC.CN1CCCn2nc(C(=O)N3CC4(CCCN4)C3)c(Cl)c2C1.CN1CCCn2nc(C(=O)N3CC4(CCCN4C)C3)c(Cl)c2C1. The molecule has 2 aromatic heterocycles. The molecule has 8 heterocycles. The van der Waals surface area contributed by atoms with E-state index >= 15 is 0 Å². The highest BCUT2D eigenvalue weighted by atomic mass is 35.5. The lowest BCUT2D eigenvalue weighted by Crippen LogP contribution is -2.68. The molecule has 12 nitrogen and oxygen atoms in total. The Hall–Kier alpha value is -2.22. The minimum atomic E-state index is -0.0208. The van der Waals surface area contributed by atoms with E-state index in [0.29, 0.717) is 21.4 Å². The number of hydrogen-bond acceptors (Lipinski definition) is 8. The highest BCUT2D eigenvalue weighted by Gasteiger charge is 2.51. The molecule has 0 bridgehead atoms. The van der Waals surface area contributed by atoms with Gasteiger partial charge in [0.15, 0.2) is 11.4 Å². The topological polar surface area (TPSA) is 98.0 Å². The zero-order chi connectivity index (χ0) is 35.5. The first-order valence-corrected chi connectivity index (χ1v) is 19.3. The Balaban J connectivity index is 0.000000174. The quantitative estimate of drug-likeness (QED) is 0.491. The molecular formula is C35H58Cl2N10O2. The van der Waals surface area contributed by atoms with Crippen LogP contribution >= 0.6 is 23.2 Å². The summed E-state index contributed by atoms with van der Waals surface area (Å²) in [5.41, 5.74) is 3.19. The molecule has 0 radical (unpaired) electrons. The fraction of sp³-hybridized carbons (Fsp3) is 0.771. The Labute approximate surface area is 303 Å². The number of carbonyl (C=O) groups excluding carboxylic acids is 2. The average molecular weight is 722 g/mol. The molecule has 274 valence electrons. The first kappa shape index (κ1) is 38.0. The van der Waals surface area contributed by atoms with E-state index < -0.39 is 0 Å². The number of nitrogens with one attached hydrogen (secondary N) is 1. The van der Waals surface area contributed by atoms with Crippen LogP contribution in [-0.2, 0) is 26.2 Å². The van der Waals surface area contributed by atoms with Gasteiger partial charge in [-0.2, -0.15) is 10.2 Å². The van der Waals surface area contributed by atoms with Crippen molar-refractivity contribution in [2.24, 2.45) is 0 Å². The Bertz CT molecular complexity index is 1450. The summed E-state index contributed by atoms with van der Waals surface area (Å²) < 4.78 is 3.85. The maximum atomic E-state index is 12.8. The molecule has 2 amide bonds. The summed E-state index contributed by atoms with van der Waals surface area (Å²) >= 11 is 13.0. The van der Waals surface area contributed by atoms with Crippen LogP contribution in [0.1, 0.15) is 98.6 Å². The fourth-order valence-corrected chi connectivity index (χ4v) is 8.64. The van der Waals surface area contributed by atoms with Gasteiger partial charge in [0.1, 0.15) is 0 Å². The van der Waals surface area contributed by atoms with Crippen LogP contribution in [0, 0.1) is 0 Å². The van der Waals surface area contributed by atoms with E-state index in [4.69, 9.17) is 23.2 Å². The molecule has 1 N–H and O–H groups in total. The van der Waals surface area contributed by atoms with Gasteiger partial charge in [-0.3, -0.25) is 23.9 Å². The first-order chi connectivity index (χ1) is 23.6. The van der Waals surface area contributed by atoms with Crippen molar-refractivity contribution >= 4 is 35.0 Å². The number of fused-ring (bicyclic) bond motifs is 2. The summed E-state index contributed by atoms with van der Waals surface area (Å²) in [6.45, 7) is 18.6. The molecule has 14 heteroatoms. The number of halogens is 2. The van der Waals surface area contributed by atoms with E-state index in [9.17, 15) is 9.59 Å². The van der Waals surface area contributed by atoms with E-state index in [1.54, 1.807) is 0 Å². The largest absolute Gasteiger partial charge is 0.333 e.